The van der Waals surface area contributed by atoms with E-state index in [0.717, 1.165) is 16.3 Å². The maximum atomic E-state index is 12.3. The number of amides is 1. The van der Waals surface area contributed by atoms with Crippen molar-refractivity contribution in [1.29, 1.82) is 0 Å². The van der Waals surface area contributed by atoms with Crippen LogP contribution in [0, 0.1) is 0 Å². The minimum Gasteiger partial charge on any atom is -0.497 e. The highest BCUT2D eigenvalue weighted by Gasteiger charge is 2.13. The van der Waals surface area contributed by atoms with Crippen molar-refractivity contribution in [2.24, 2.45) is 0 Å². The standard InChI is InChI=1S/C21H22N2O5S/c1-25-15-5-7-16(8-6-15)28-11-10-22-20(24)17-13-29-21(23-17)14-4-9-18(26-2)19(12-14)27-3/h4-9,12-13H,10-11H2,1-3H3,(H,22,24). The summed E-state index contributed by atoms with van der Waals surface area (Å²) in [4.78, 5) is 16.7. The van der Waals surface area contributed by atoms with Gasteiger partial charge in [0.25, 0.3) is 5.91 Å². The summed E-state index contributed by atoms with van der Waals surface area (Å²) in [7, 11) is 4.78. The van der Waals surface area contributed by atoms with Crippen LogP contribution < -0.4 is 24.3 Å². The first-order valence-electron chi connectivity index (χ1n) is 8.87. The van der Waals surface area contributed by atoms with E-state index < -0.39 is 0 Å². The number of nitrogens with zero attached hydrogens (tertiary/aromatic N) is 1. The van der Waals surface area contributed by atoms with Crippen LogP contribution in [0.25, 0.3) is 10.6 Å². The Balaban J connectivity index is 1.53. The van der Waals surface area contributed by atoms with Crippen molar-refractivity contribution in [3.8, 4) is 33.6 Å². The molecule has 1 amide bonds. The van der Waals surface area contributed by atoms with Crippen LogP contribution >= 0.6 is 11.3 Å². The summed E-state index contributed by atoms with van der Waals surface area (Å²) in [5, 5.41) is 5.26. The van der Waals surface area contributed by atoms with E-state index in [-0.39, 0.29) is 5.91 Å². The lowest BCUT2D eigenvalue weighted by Gasteiger charge is -2.08. The van der Waals surface area contributed by atoms with Crippen LogP contribution in [-0.4, -0.2) is 45.4 Å². The lowest BCUT2D eigenvalue weighted by molar-refractivity contribution is 0.0943. The Hall–Kier alpha value is -3.26. The second kappa shape index (κ2) is 9.79. The maximum Gasteiger partial charge on any atom is 0.270 e. The molecule has 0 saturated carbocycles. The van der Waals surface area contributed by atoms with Gasteiger partial charge in [0.05, 0.1) is 27.9 Å². The molecule has 0 bridgehead atoms. The minimum atomic E-state index is -0.244. The molecule has 1 N–H and O–H groups in total. The molecule has 2 aromatic carbocycles. The Labute approximate surface area is 173 Å². The highest BCUT2D eigenvalue weighted by molar-refractivity contribution is 7.13. The lowest BCUT2D eigenvalue weighted by atomic mass is 10.2. The molecule has 0 unspecified atom stereocenters. The topological polar surface area (TPSA) is 78.9 Å². The van der Waals surface area contributed by atoms with Gasteiger partial charge in [-0.05, 0) is 42.5 Å². The van der Waals surface area contributed by atoms with Crippen LogP contribution in [0.2, 0.25) is 0 Å². The third-order valence-electron chi connectivity index (χ3n) is 4.08. The number of methoxy groups -OCH3 is 3. The minimum absolute atomic E-state index is 0.244. The third-order valence-corrected chi connectivity index (χ3v) is 4.97. The number of hydrogen-bond donors (Lipinski definition) is 1. The highest BCUT2D eigenvalue weighted by Crippen LogP contribution is 2.33. The Morgan fingerprint density at radius 2 is 1.69 bits per heavy atom. The van der Waals surface area contributed by atoms with E-state index in [1.807, 2.05) is 42.5 Å². The fraction of sp³-hybridized carbons (Fsp3) is 0.238. The summed E-state index contributed by atoms with van der Waals surface area (Å²) in [5.41, 5.74) is 1.22. The SMILES string of the molecule is COc1ccc(OCCNC(=O)c2csc(-c3ccc(OC)c(OC)c3)n2)cc1. The van der Waals surface area contributed by atoms with Crippen LogP contribution in [0.15, 0.2) is 47.8 Å². The first kappa shape index (κ1) is 20.5. The van der Waals surface area contributed by atoms with E-state index >= 15 is 0 Å². The Kier molecular flexibility index (Phi) is 6.91. The van der Waals surface area contributed by atoms with Crippen molar-refractivity contribution >= 4 is 17.2 Å². The van der Waals surface area contributed by atoms with Gasteiger partial charge in [0.1, 0.15) is 28.8 Å². The van der Waals surface area contributed by atoms with Crippen molar-refractivity contribution in [3.05, 3.63) is 53.5 Å². The molecule has 3 rings (SSSR count). The number of hydrogen-bond acceptors (Lipinski definition) is 7. The average molecular weight is 414 g/mol. The van der Waals surface area contributed by atoms with Crippen LogP contribution in [0.3, 0.4) is 0 Å². The van der Waals surface area contributed by atoms with E-state index in [2.05, 4.69) is 10.3 Å². The maximum absolute atomic E-state index is 12.3. The van der Waals surface area contributed by atoms with Crippen molar-refractivity contribution < 1.29 is 23.7 Å². The number of thiazole rings is 1. The highest BCUT2D eigenvalue weighted by atomic mass is 32.1. The van der Waals surface area contributed by atoms with Gasteiger partial charge in [-0.3, -0.25) is 4.79 Å². The fourth-order valence-corrected chi connectivity index (χ4v) is 3.37. The number of aromatic nitrogens is 1. The molecule has 1 heterocycles. The van der Waals surface area contributed by atoms with Gasteiger partial charge in [-0.1, -0.05) is 0 Å². The summed E-state index contributed by atoms with van der Waals surface area (Å²) < 4.78 is 21.3. The average Bonchev–Trinajstić information content (AvgIpc) is 3.27. The van der Waals surface area contributed by atoms with Gasteiger partial charge in [0.15, 0.2) is 11.5 Å². The zero-order valence-corrected chi connectivity index (χ0v) is 17.2. The van der Waals surface area contributed by atoms with Crippen molar-refractivity contribution in [1.82, 2.24) is 10.3 Å². The van der Waals surface area contributed by atoms with Gasteiger partial charge >= 0.3 is 0 Å². The molecule has 152 valence electrons. The predicted molar refractivity (Wildman–Crippen MR) is 111 cm³/mol. The Morgan fingerprint density at radius 1 is 0.966 bits per heavy atom. The molecule has 3 aromatic rings. The van der Waals surface area contributed by atoms with Gasteiger partial charge < -0.3 is 24.3 Å². The largest absolute Gasteiger partial charge is 0.497 e. The number of carbonyl (C=O) groups excluding carboxylic acids is 1. The lowest BCUT2D eigenvalue weighted by Crippen LogP contribution is -2.28. The second-order valence-corrected chi connectivity index (χ2v) is 6.75. The molecule has 0 atom stereocenters. The summed E-state index contributed by atoms with van der Waals surface area (Å²) in [5.74, 6) is 2.49. The monoisotopic (exact) mass is 414 g/mol. The van der Waals surface area contributed by atoms with Crippen LogP contribution in [0.1, 0.15) is 10.5 Å². The molecule has 0 aliphatic heterocycles. The number of nitrogens with one attached hydrogen (secondary N) is 1. The van der Waals surface area contributed by atoms with E-state index in [1.165, 1.54) is 11.3 Å². The van der Waals surface area contributed by atoms with Crippen LogP contribution in [-0.2, 0) is 0 Å². The van der Waals surface area contributed by atoms with Crippen LogP contribution in [0.5, 0.6) is 23.0 Å². The molecule has 7 nitrogen and oxygen atoms in total. The molecule has 0 spiro atoms. The molecule has 0 aliphatic carbocycles. The van der Waals surface area contributed by atoms with Crippen LogP contribution in [0.4, 0.5) is 0 Å². The van der Waals surface area contributed by atoms with Crippen molar-refractivity contribution in [3.63, 3.8) is 0 Å². The molecule has 0 radical (unpaired) electrons. The van der Waals surface area contributed by atoms with Gasteiger partial charge in [0.2, 0.25) is 0 Å². The molecule has 0 fully saturated rings. The molecule has 1 aromatic heterocycles. The zero-order valence-electron chi connectivity index (χ0n) is 16.4. The van der Waals surface area contributed by atoms with Crippen molar-refractivity contribution in [2.75, 3.05) is 34.5 Å². The Bertz CT molecular complexity index is 956. The smallest absolute Gasteiger partial charge is 0.270 e. The van der Waals surface area contributed by atoms with Crippen molar-refractivity contribution in [2.45, 2.75) is 0 Å². The summed E-state index contributed by atoms with van der Waals surface area (Å²) in [6.45, 7) is 0.721. The van der Waals surface area contributed by atoms with Gasteiger partial charge in [-0.2, -0.15) is 0 Å². The second-order valence-electron chi connectivity index (χ2n) is 5.89. The predicted octanol–water partition coefficient (Wildman–Crippen LogP) is 3.64. The fourth-order valence-electron chi connectivity index (χ4n) is 2.58. The summed E-state index contributed by atoms with van der Waals surface area (Å²) >= 11 is 1.39. The summed E-state index contributed by atoms with van der Waals surface area (Å²) in [6, 6.07) is 12.8. The van der Waals surface area contributed by atoms with Gasteiger partial charge in [-0.15, -0.1) is 11.3 Å². The summed E-state index contributed by atoms with van der Waals surface area (Å²) in [6.07, 6.45) is 0. The van der Waals surface area contributed by atoms with Gasteiger partial charge in [0, 0.05) is 10.9 Å². The first-order chi connectivity index (χ1) is 14.1. The molecule has 0 saturated heterocycles. The zero-order chi connectivity index (χ0) is 20.6. The molecular formula is C21H22N2O5S. The number of benzene rings is 2. The molecule has 29 heavy (non-hydrogen) atoms. The van der Waals surface area contributed by atoms with E-state index in [4.69, 9.17) is 18.9 Å². The van der Waals surface area contributed by atoms with E-state index in [9.17, 15) is 4.79 Å². The molecular weight excluding hydrogens is 392 g/mol. The van der Waals surface area contributed by atoms with E-state index in [1.54, 1.807) is 26.7 Å². The quantitative estimate of drug-likeness (QED) is 0.539. The van der Waals surface area contributed by atoms with Gasteiger partial charge in [-0.25, -0.2) is 4.98 Å². The first-order valence-corrected chi connectivity index (χ1v) is 9.75. The number of ether oxygens (including phenoxy) is 4. The normalized spacial score (nSPS) is 10.3. The molecule has 0 aliphatic rings. The Morgan fingerprint density at radius 3 is 2.38 bits per heavy atom. The third kappa shape index (κ3) is 5.17. The number of carbonyl (C=O) groups is 1. The molecule has 8 heteroatoms. The number of rotatable bonds is 9. The van der Waals surface area contributed by atoms with E-state index in [0.29, 0.717) is 36.1 Å².